The topological polar surface area (TPSA) is 31.4 Å². The van der Waals surface area contributed by atoms with Gasteiger partial charge in [0, 0.05) is 56.4 Å². The molecule has 96 valence electrons. The number of piperazine rings is 1. The minimum absolute atomic E-state index is 0.426. The second kappa shape index (κ2) is 6.44. The number of likely N-dealkylation sites (N-methyl/N-ethyl adjacent to an activating group) is 1. The van der Waals surface area contributed by atoms with Gasteiger partial charge < -0.3 is 10.2 Å². The van der Waals surface area contributed by atoms with Crippen LogP contribution in [0.5, 0.6) is 0 Å². The zero-order valence-corrected chi connectivity index (χ0v) is 11.5. The van der Waals surface area contributed by atoms with Gasteiger partial charge in [-0.3, -0.25) is 9.88 Å². The van der Waals surface area contributed by atoms with Gasteiger partial charge in [-0.25, -0.2) is 0 Å². The minimum atomic E-state index is 0.426. The van der Waals surface area contributed by atoms with Crippen LogP contribution >= 0.6 is 11.3 Å². The van der Waals surface area contributed by atoms with E-state index in [1.54, 1.807) is 11.3 Å². The van der Waals surface area contributed by atoms with Crippen molar-refractivity contribution >= 4 is 11.3 Å². The van der Waals surface area contributed by atoms with Gasteiger partial charge in [0.25, 0.3) is 0 Å². The van der Waals surface area contributed by atoms with Gasteiger partial charge >= 0.3 is 0 Å². The van der Waals surface area contributed by atoms with Crippen LogP contribution in [0.3, 0.4) is 0 Å². The highest BCUT2D eigenvalue weighted by Crippen LogP contribution is 2.15. The molecular weight excluding hydrogens is 232 g/mol. The van der Waals surface area contributed by atoms with Crippen molar-refractivity contribution in [3.63, 3.8) is 0 Å². The predicted molar refractivity (Wildman–Crippen MR) is 72.5 cm³/mol. The van der Waals surface area contributed by atoms with Gasteiger partial charge in [-0.2, -0.15) is 0 Å². The van der Waals surface area contributed by atoms with E-state index in [9.17, 15) is 0 Å². The van der Waals surface area contributed by atoms with Crippen LogP contribution in [-0.4, -0.2) is 61.1 Å². The van der Waals surface area contributed by atoms with E-state index >= 15 is 0 Å². The molecule has 0 aliphatic carbocycles. The number of hydrogen-bond donors (Lipinski definition) is 1. The summed E-state index contributed by atoms with van der Waals surface area (Å²) in [7, 11) is 2.20. The zero-order chi connectivity index (χ0) is 12.1. The maximum Gasteiger partial charge on any atom is 0.0794 e. The Hall–Kier alpha value is -0.490. The van der Waals surface area contributed by atoms with Crippen molar-refractivity contribution < 1.29 is 0 Å². The Morgan fingerprint density at radius 1 is 1.41 bits per heavy atom. The fraction of sp³-hybridized carbons (Fsp3) is 0.750. The van der Waals surface area contributed by atoms with Crippen LogP contribution in [0.4, 0.5) is 0 Å². The molecule has 1 aromatic rings. The fourth-order valence-electron chi connectivity index (χ4n) is 2.05. The Balaban J connectivity index is 1.63. The first kappa shape index (κ1) is 13.0. The van der Waals surface area contributed by atoms with Crippen molar-refractivity contribution in [1.82, 2.24) is 20.1 Å². The van der Waals surface area contributed by atoms with Gasteiger partial charge in [0.1, 0.15) is 0 Å². The summed E-state index contributed by atoms with van der Waals surface area (Å²) in [6.07, 6.45) is 1.96. The van der Waals surface area contributed by atoms with Crippen LogP contribution in [0, 0.1) is 0 Å². The average Bonchev–Trinajstić information content (AvgIpc) is 2.85. The smallest absolute Gasteiger partial charge is 0.0794 e. The van der Waals surface area contributed by atoms with E-state index < -0.39 is 0 Å². The van der Waals surface area contributed by atoms with E-state index in [-0.39, 0.29) is 0 Å². The molecule has 2 rings (SSSR count). The van der Waals surface area contributed by atoms with E-state index in [1.165, 1.54) is 31.1 Å². The third-order valence-corrected chi connectivity index (χ3v) is 4.31. The Kier molecular flexibility index (Phi) is 4.91. The van der Waals surface area contributed by atoms with E-state index in [4.69, 9.17) is 0 Å². The molecule has 0 spiro atoms. The predicted octanol–water partition coefficient (Wildman–Crippen LogP) is 1.04. The number of thiazole rings is 1. The first-order valence-electron chi connectivity index (χ1n) is 6.28. The molecule has 1 fully saturated rings. The monoisotopic (exact) mass is 254 g/mol. The Morgan fingerprint density at radius 2 is 2.18 bits per heavy atom. The summed E-state index contributed by atoms with van der Waals surface area (Å²) in [6.45, 7) is 9.21. The lowest BCUT2D eigenvalue weighted by molar-refractivity contribution is 0.154. The van der Waals surface area contributed by atoms with Gasteiger partial charge in [0.15, 0.2) is 0 Å². The van der Waals surface area contributed by atoms with Crippen molar-refractivity contribution in [1.29, 1.82) is 0 Å². The average molecular weight is 254 g/mol. The lowest BCUT2D eigenvalue weighted by Crippen LogP contribution is -2.46. The van der Waals surface area contributed by atoms with E-state index in [0.717, 1.165) is 13.1 Å². The highest BCUT2D eigenvalue weighted by atomic mass is 32.1. The fourth-order valence-corrected chi connectivity index (χ4v) is 2.70. The number of aromatic nitrogens is 1. The molecule has 0 radical (unpaired) electrons. The largest absolute Gasteiger partial charge is 0.308 e. The van der Waals surface area contributed by atoms with Crippen molar-refractivity contribution in [3.05, 3.63) is 16.6 Å². The molecule has 0 aromatic carbocycles. The molecule has 4 nitrogen and oxygen atoms in total. The molecule has 2 heterocycles. The van der Waals surface area contributed by atoms with Crippen molar-refractivity contribution in [2.75, 3.05) is 46.3 Å². The van der Waals surface area contributed by atoms with E-state index in [2.05, 4.69) is 34.1 Å². The zero-order valence-electron chi connectivity index (χ0n) is 10.7. The van der Waals surface area contributed by atoms with Crippen LogP contribution < -0.4 is 5.32 Å². The van der Waals surface area contributed by atoms with Gasteiger partial charge in [-0.15, -0.1) is 11.3 Å². The number of nitrogens with one attached hydrogen (secondary N) is 1. The summed E-state index contributed by atoms with van der Waals surface area (Å²) in [5.41, 5.74) is 1.90. The third-order valence-electron chi connectivity index (χ3n) is 3.35. The summed E-state index contributed by atoms with van der Waals surface area (Å²) in [4.78, 5) is 10.4. The van der Waals surface area contributed by atoms with Crippen LogP contribution in [0.2, 0.25) is 0 Å². The molecule has 17 heavy (non-hydrogen) atoms. The molecule has 1 atom stereocenters. The molecule has 0 saturated carbocycles. The van der Waals surface area contributed by atoms with Gasteiger partial charge in [-0.05, 0) is 14.0 Å². The van der Waals surface area contributed by atoms with Crippen LogP contribution in [-0.2, 0) is 0 Å². The maximum absolute atomic E-state index is 4.11. The lowest BCUT2D eigenvalue weighted by Gasteiger charge is -2.32. The van der Waals surface area contributed by atoms with E-state index in [0.29, 0.717) is 6.04 Å². The minimum Gasteiger partial charge on any atom is -0.308 e. The molecule has 5 heteroatoms. The molecule has 0 amide bonds. The first-order valence-corrected chi connectivity index (χ1v) is 7.16. The third kappa shape index (κ3) is 4.03. The summed E-state index contributed by atoms with van der Waals surface area (Å²) < 4.78 is 0. The van der Waals surface area contributed by atoms with Crippen molar-refractivity contribution in [3.8, 4) is 0 Å². The quantitative estimate of drug-likeness (QED) is 0.851. The lowest BCUT2D eigenvalue weighted by atomic mass is 10.3. The summed E-state index contributed by atoms with van der Waals surface area (Å²) >= 11 is 1.72. The molecule has 1 aromatic heterocycles. The first-order chi connectivity index (χ1) is 8.25. The van der Waals surface area contributed by atoms with Crippen LogP contribution in [0.1, 0.15) is 17.8 Å². The summed E-state index contributed by atoms with van der Waals surface area (Å²) in [5, 5.41) is 3.56. The molecule has 1 aliphatic rings. The number of hydrogen-bond acceptors (Lipinski definition) is 5. The Bertz CT molecular complexity index is 306. The standard InChI is InChI=1S/C12H22N4S/c1-11(12-9-13-10-17-12)14-3-4-16-7-5-15(2)6-8-16/h9-11,14H,3-8H2,1-2H3. The Labute approximate surface area is 108 Å². The van der Waals surface area contributed by atoms with Crippen molar-refractivity contribution in [2.45, 2.75) is 13.0 Å². The highest BCUT2D eigenvalue weighted by molar-refractivity contribution is 7.09. The van der Waals surface area contributed by atoms with Gasteiger partial charge in [0.2, 0.25) is 0 Å². The van der Waals surface area contributed by atoms with Gasteiger partial charge in [0.05, 0.1) is 5.51 Å². The van der Waals surface area contributed by atoms with Crippen molar-refractivity contribution in [2.24, 2.45) is 0 Å². The Morgan fingerprint density at radius 3 is 2.82 bits per heavy atom. The second-order valence-electron chi connectivity index (χ2n) is 4.72. The molecule has 1 aliphatic heterocycles. The van der Waals surface area contributed by atoms with Crippen LogP contribution in [0.25, 0.3) is 0 Å². The molecule has 0 bridgehead atoms. The summed E-state index contributed by atoms with van der Waals surface area (Å²) in [5.74, 6) is 0. The molecule has 1 N–H and O–H groups in total. The number of nitrogens with zero attached hydrogens (tertiary/aromatic N) is 3. The second-order valence-corrected chi connectivity index (χ2v) is 5.64. The normalized spacial score (nSPS) is 20.6. The number of rotatable bonds is 5. The maximum atomic E-state index is 4.11. The highest BCUT2D eigenvalue weighted by Gasteiger charge is 2.13. The van der Waals surface area contributed by atoms with Crippen LogP contribution in [0.15, 0.2) is 11.7 Å². The van der Waals surface area contributed by atoms with Gasteiger partial charge in [-0.1, -0.05) is 0 Å². The molecule has 1 unspecified atom stereocenters. The SMILES string of the molecule is CC(NCCN1CCN(C)CC1)c1cncs1. The summed E-state index contributed by atoms with van der Waals surface area (Å²) in [6, 6.07) is 0.426. The van der Waals surface area contributed by atoms with E-state index in [1.807, 2.05) is 11.7 Å². The molecule has 1 saturated heterocycles. The molecular formula is C12H22N4S.